The minimum absolute atomic E-state index is 0.0123. The van der Waals surface area contributed by atoms with Crippen molar-refractivity contribution in [3.8, 4) is 11.5 Å². The molecule has 4 N–H and O–H groups in total. The number of hydrogen-bond donors (Lipinski definition) is 3. The van der Waals surface area contributed by atoms with E-state index in [4.69, 9.17) is 10.3 Å². The van der Waals surface area contributed by atoms with Crippen molar-refractivity contribution in [1.29, 1.82) is 0 Å². The number of nitrogens with two attached hydrogens (primary N) is 1. The Labute approximate surface area is 97.2 Å². The van der Waals surface area contributed by atoms with Gasteiger partial charge in [-0.2, -0.15) is 8.42 Å². The molecule has 0 heterocycles. The monoisotopic (exact) mass is 255 g/mol. The zero-order valence-electron chi connectivity index (χ0n) is 8.49. The number of benzene rings is 2. The molecule has 2 aromatic rings. The van der Waals surface area contributed by atoms with Crippen LogP contribution in [0.1, 0.15) is 0 Å². The van der Waals surface area contributed by atoms with Crippen LogP contribution in [-0.2, 0) is 10.4 Å². The second-order valence-electron chi connectivity index (χ2n) is 3.37. The van der Waals surface area contributed by atoms with E-state index in [1.165, 1.54) is 6.07 Å². The van der Waals surface area contributed by atoms with Crippen LogP contribution in [0.2, 0.25) is 0 Å². The molecule has 0 fully saturated rings. The summed E-state index contributed by atoms with van der Waals surface area (Å²) >= 11 is 0. The summed E-state index contributed by atoms with van der Waals surface area (Å²) in [6.45, 7) is 0. The molecule has 0 saturated carbocycles. The van der Waals surface area contributed by atoms with Crippen LogP contribution in [0.3, 0.4) is 0 Å². The van der Waals surface area contributed by atoms with Crippen molar-refractivity contribution in [3.63, 3.8) is 0 Å². The van der Waals surface area contributed by atoms with E-state index in [1.807, 2.05) is 0 Å². The van der Waals surface area contributed by atoms with Crippen LogP contribution in [0.5, 0.6) is 11.5 Å². The third-order valence-electron chi connectivity index (χ3n) is 2.22. The first-order valence-electron chi connectivity index (χ1n) is 4.55. The molecule has 0 amide bonds. The normalized spacial score (nSPS) is 11.6. The average Bonchev–Trinajstić information content (AvgIpc) is 2.24. The van der Waals surface area contributed by atoms with Gasteiger partial charge in [0, 0.05) is 5.39 Å². The summed E-state index contributed by atoms with van der Waals surface area (Å²) in [6.07, 6.45) is 0. The van der Waals surface area contributed by atoms with Crippen LogP contribution < -0.4 is 9.92 Å². The molecule has 0 aliphatic rings. The smallest absolute Gasteiger partial charge is 0.446 e. The van der Waals surface area contributed by atoms with Gasteiger partial charge in [0.15, 0.2) is 11.5 Å². The number of nitrogen functional groups attached to an aromatic ring is 1. The number of aromatic hydroxyl groups is 1. The molecule has 7 heteroatoms. The molecule has 6 nitrogen and oxygen atoms in total. The first kappa shape index (κ1) is 11.5. The number of rotatable bonds is 2. The van der Waals surface area contributed by atoms with Gasteiger partial charge in [-0.15, -0.1) is 0 Å². The third-order valence-corrected chi connectivity index (χ3v) is 2.61. The molecule has 0 atom stereocenters. The van der Waals surface area contributed by atoms with Crippen molar-refractivity contribution >= 4 is 26.9 Å². The van der Waals surface area contributed by atoms with E-state index in [0.717, 1.165) is 0 Å². The van der Waals surface area contributed by atoms with E-state index in [2.05, 4.69) is 4.18 Å². The fourth-order valence-electron chi connectivity index (χ4n) is 1.52. The van der Waals surface area contributed by atoms with E-state index >= 15 is 0 Å². The van der Waals surface area contributed by atoms with Gasteiger partial charge in [-0.05, 0) is 11.5 Å². The lowest BCUT2D eigenvalue weighted by molar-refractivity contribution is 0.372. The summed E-state index contributed by atoms with van der Waals surface area (Å²) in [5.74, 6) is -0.940. The van der Waals surface area contributed by atoms with Gasteiger partial charge in [-0.3, -0.25) is 4.55 Å². The topological polar surface area (TPSA) is 110 Å². The zero-order valence-corrected chi connectivity index (χ0v) is 9.31. The van der Waals surface area contributed by atoms with E-state index in [1.54, 1.807) is 24.3 Å². The Hall–Kier alpha value is -1.99. The van der Waals surface area contributed by atoms with E-state index in [-0.39, 0.29) is 5.69 Å². The second-order valence-corrected chi connectivity index (χ2v) is 4.39. The van der Waals surface area contributed by atoms with Crippen molar-refractivity contribution in [3.05, 3.63) is 30.3 Å². The van der Waals surface area contributed by atoms with Gasteiger partial charge in [-0.25, -0.2) is 0 Å². The summed E-state index contributed by atoms with van der Waals surface area (Å²) in [5, 5.41) is 10.8. The van der Waals surface area contributed by atoms with Gasteiger partial charge >= 0.3 is 10.4 Å². The third kappa shape index (κ3) is 2.24. The fourth-order valence-corrected chi connectivity index (χ4v) is 1.87. The standard InChI is InChI=1S/C10H9NO5S/c11-9-7-4-2-1-3-6(7)5-8(10(9)12)16-17(13,14)15/h1-5,12H,11H2,(H,13,14,15). The molecule has 0 radical (unpaired) electrons. The molecule has 2 rings (SSSR count). The van der Waals surface area contributed by atoms with Crippen LogP contribution in [0.25, 0.3) is 10.8 Å². The molecular formula is C10H9NO5S. The number of phenols is 1. The van der Waals surface area contributed by atoms with Crippen molar-refractivity contribution in [1.82, 2.24) is 0 Å². The zero-order chi connectivity index (χ0) is 12.6. The maximum Gasteiger partial charge on any atom is 0.446 e. The van der Waals surface area contributed by atoms with E-state index in [0.29, 0.717) is 10.8 Å². The molecular weight excluding hydrogens is 246 g/mol. The highest BCUT2D eigenvalue weighted by atomic mass is 32.3. The van der Waals surface area contributed by atoms with Crippen molar-refractivity contribution in [2.75, 3.05) is 5.73 Å². The molecule has 0 saturated heterocycles. The van der Waals surface area contributed by atoms with Crippen molar-refractivity contribution in [2.24, 2.45) is 0 Å². The van der Waals surface area contributed by atoms with Gasteiger partial charge in [0.2, 0.25) is 0 Å². The molecule has 0 aromatic heterocycles. The van der Waals surface area contributed by atoms with E-state index in [9.17, 15) is 13.5 Å². The highest BCUT2D eigenvalue weighted by molar-refractivity contribution is 7.81. The molecule has 0 aliphatic carbocycles. The number of fused-ring (bicyclic) bond motifs is 1. The van der Waals surface area contributed by atoms with Gasteiger partial charge in [-0.1, -0.05) is 24.3 Å². The minimum Gasteiger partial charge on any atom is -0.503 e. The Morgan fingerprint density at radius 3 is 2.53 bits per heavy atom. The number of phenolic OH excluding ortho intramolecular Hbond substituents is 1. The molecule has 0 unspecified atom stereocenters. The highest BCUT2D eigenvalue weighted by Gasteiger charge is 2.16. The first-order chi connectivity index (χ1) is 7.88. The van der Waals surface area contributed by atoms with Gasteiger partial charge < -0.3 is 15.0 Å². The summed E-state index contributed by atoms with van der Waals surface area (Å²) < 4.78 is 33.9. The Balaban J connectivity index is 2.70. The summed E-state index contributed by atoms with van der Waals surface area (Å²) in [4.78, 5) is 0. The lowest BCUT2D eigenvalue weighted by Gasteiger charge is -2.09. The Kier molecular flexibility index (Phi) is 2.56. The predicted octanol–water partition coefficient (Wildman–Crippen LogP) is 1.31. The van der Waals surface area contributed by atoms with Crippen molar-refractivity contribution < 1.29 is 22.3 Å². The minimum atomic E-state index is -4.70. The first-order valence-corrected chi connectivity index (χ1v) is 5.92. The Morgan fingerprint density at radius 1 is 1.24 bits per heavy atom. The Bertz CT molecular complexity index is 680. The van der Waals surface area contributed by atoms with Crippen molar-refractivity contribution in [2.45, 2.75) is 0 Å². The van der Waals surface area contributed by atoms with Crippen LogP contribution in [0.15, 0.2) is 30.3 Å². The molecule has 90 valence electrons. The lowest BCUT2D eigenvalue weighted by Crippen LogP contribution is -2.07. The molecule has 17 heavy (non-hydrogen) atoms. The summed E-state index contributed by atoms with van der Waals surface area (Å²) in [6, 6.07) is 8.05. The van der Waals surface area contributed by atoms with Crippen LogP contribution in [0.4, 0.5) is 5.69 Å². The molecule has 0 bridgehead atoms. The van der Waals surface area contributed by atoms with Gasteiger partial charge in [0.1, 0.15) is 0 Å². The largest absolute Gasteiger partial charge is 0.503 e. The maximum atomic E-state index is 10.6. The second kappa shape index (κ2) is 3.79. The maximum absolute atomic E-state index is 10.6. The predicted molar refractivity (Wildman–Crippen MR) is 62.2 cm³/mol. The van der Waals surface area contributed by atoms with Gasteiger partial charge in [0.05, 0.1) is 5.69 Å². The summed E-state index contributed by atoms with van der Waals surface area (Å²) in [5.41, 5.74) is 5.62. The summed E-state index contributed by atoms with van der Waals surface area (Å²) in [7, 11) is -4.70. The van der Waals surface area contributed by atoms with Crippen LogP contribution in [0, 0.1) is 0 Å². The average molecular weight is 255 g/mol. The van der Waals surface area contributed by atoms with E-state index < -0.39 is 21.9 Å². The fraction of sp³-hybridized carbons (Fsp3) is 0. The Morgan fingerprint density at radius 2 is 1.88 bits per heavy atom. The quantitative estimate of drug-likeness (QED) is 0.424. The highest BCUT2D eigenvalue weighted by Crippen LogP contribution is 2.39. The molecule has 0 aliphatic heterocycles. The molecule has 0 spiro atoms. The number of hydrogen-bond acceptors (Lipinski definition) is 5. The van der Waals surface area contributed by atoms with Crippen LogP contribution in [-0.4, -0.2) is 18.1 Å². The number of anilines is 1. The van der Waals surface area contributed by atoms with Gasteiger partial charge in [0.25, 0.3) is 0 Å². The van der Waals surface area contributed by atoms with Crippen LogP contribution >= 0.6 is 0 Å². The molecule has 2 aromatic carbocycles. The lowest BCUT2D eigenvalue weighted by atomic mass is 10.1. The SMILES string of the molecule is Nc1c(O)c(OS(=O)(=O)O)cc2ccccc12.